The lowest BCUT2D eigenvalue weighted by Gasteiger charge is -2.37. The van der Waals surface area contributed by atoms with Gasteiger partial charge in [0.25, 0.3) is 0 Å². The molecule has 2 amide bonds. The summed E-state index contributed by atoms with van der Waals surface area (Å²) in [5.41, 5.74) is 1.18. The molecule has 0 aromatic carbocycles. The third-order valence-electron chi connectivity index (χ3n) is 5.34. The van der Waals surface area contributed by atoms with Crippen molar-refractivity contribution in [3.8, 4) is 0 Å². The number of amides is 2. The number of allylic oxidation sites excluding steroid dienone is 2. The Morgan fingerprint density at radius 3 is 2.08 bits per heavy atom. The van der Waals surface area contributed by atoms with Crippen LogP contribution >= 0.6 is 0 Å². The molecule has 6 nitrogen and oxygen atoms in total. The average molecular weight is 326 g/mol. The fourth-order valence-corrected chi connectivity index (χ4v) is 3.91. The van der Waals surface area contributed by atoms with Gasteiger partial charge in [0.05, 0.1) is 18.5 Å². The number of piperazine rings is 1. The van der Waals surface area contributed by atoms with Crippen molar-refractivity contribution in [2.75, 3.05) is 37.7 Å². The second-order valence-electron chi connectivity index (χ2n) is 6.71. The molecule has 0 spiro atoms. The molecular weight excluding hydrogens is 304 g/mol. The van der Waals surface area contributed by atoms with Crippen LogP contribution in [0.5, 0.6) is 0 Å². The minimum absolute atomic E-state index is 0.0194. The summed E-state index contributed by atoms with van der Waals surface area (Å²) in [5.74, 6) is -0.210. The first-order valence-electron chi connectivity index (χ1n) is 8.61. The van der Waals surface area contributed by atoms with Crippen LogP contribution in [0.1, 0.15) is 12.8 Å². The topological polar surface area (TPSA) is 56.8 Å². The van der Waals surface area contributed by atoms with Crippen LogP contribution < -0.4 is 4.90 Å². The molecule has 2 aliphatic heterocycles. The Morgan fingerprint density at radius 1 is 0.917 bits per heavy atom. The Bertz CT molecular complexity index is 626. The van der Waals surface area contributed by atoms with Gasteiger partial charge in [-0.15, -0.1) is 0 Å². The molecule has 3 heterocycles. The van der Waals surface area contributed by atoms with Crippen LogP contribution in [-0.2, 0) is 9.59 Å². The van der Waals surface area contributed by atoms with E-state index in [1.807, 2.05) is 24.3 Å². The molecule has 1 aromatic heterocycles. The van der Waals surface area contributed by atoms with Crippen LogP contribution in [0.3, 0.4) is 0 Å². The molecule has 1 aliphatic carbocycles. The fraction of sp³-hybridized carbons (Fsp3) is 0.500. The molecule has 2 fully saturated rings. The smallest absolute Gasteiger partial charge is 0.234 e. The lowest BCUT2D eigenvalue weighted by molar-refractivity contribution is -0.142. The van der Waals surface area contributed by atoms with Crippen molar-refractivity contribution in [1.29, 1.82) is 0 Å². The van der Waals surface area contributed by atoms with Crippen LogP contribution in [-0.4, -0.2) is 59.4 Å². The van der Waals surface area contributed by atoms with E-state index in [-0.39, 0.29) is 23.7 Å². The second-order valence-corrected chi connectivity index (χ2v) is 6.71. The van der Waals surface area contributed by atoms with E-state index in [1.54, 1.807) is 12.4 Å². The SMILES string of the molecule is O=C1[C@@H]2CC=CC[C@H]2C(=O)N1CN1CCN(c2ccncc2)CC1. The summed E-state index contributed by atoms with van der Waals surface area (Å²) in [6.45, 7) is 3.94. The number of carbonyl (C=O) groups excluding carboxylic acids is 2. The molecule has 1 aromatic rings. The standard InChI is InChI=1S/C18H22N4O2/c23-17-15-3-1-2-4-16(15)18(24)22(17)13-20-9-11-21(12-10-20)14-5-7-19-8-6-14/h1-2,5-8,15-16H,3-4,9-13H2/t15-,16-/m1/s1. The number of fused-ring (bicyclic) bond motifs is 1. The number of likely N-dealkylation sites (tertiary alicyclic amines) is 1. The van der Waals surface area contributed by atoms with Crippen molar-refractivity contribution < 1.29 is 9.59 Å². The highest BCUT2D eigenvalue weighted by molar-refractivity contribution is 6.05. The molecule has 24 heavy (non-hydrogen) atoms. The number of carbonyl (C=O) groups is 2. The molecule has 0 radical (unpaired) electrons. The Hall–Kier alpha value is -2.21. The van der Waals surface area contributed by atoms with E-state index in [0.29, 0.717) is 19.5 Å². The van der Waals surface area contributed by atoms with E-state index in [2.05, 4.69) is 14.8 Å². The van der Waals surface area contributed by atoms with Crippen molar-refractivity contribution in [1.82, 2.24) is 14.8 Å². The number of aromatic nitrogens is 1. The maximum absolute atomic E-state index is 12.5. The first-order valence-corrected chi connectivity index (χ1v) is 8.61. The molecule has 6 heteroatoms. The van der Waals surface area contributed by atoms with E-state index in [9.17, 15) is 9.59 Å². The summed E-state index contributed by atoms with van der Waals surface area (Å²) in [7, 11) is 0. The maximum atomic E-state index is 12.5. The van der Waals surface area contributed by atoms with Crippen LogP contribution in [0.25, 0.3) is 0 Å². The van der Waals surface area contributed by atoms with Gasteiger partial charge in [-0.2, -0.15) is 0 Å². The van der Waals surface area contributed by atoms with Crippen LogP contribution in [0.15, 0.2) is 36.7 Å². The van der Waals surface area contributed by atoms with E-state index >= 15 is 0 Å². The highest BCUT2D eigenvalue weighted by atomic mass is 16.2. The van der Waals surface area contributed by atoms with Crippen molar-refractivity contribution >= 4 is 17.5 Å². The fourth-order valence-electron chi connectivity index (χ4n) is 3.91. The number of imide groups is 1. The number of rotatable bonds is 3. The van der Waals surface area contributed by atoms with E-state index < -0.39 is 0 Å². The van der Waals surface area contributed by atoms with E-state index in [0.717, 1.165) is 26.2 Å². The number of hydrogen-bond donors (Lipinski definition) is 0. The summed E-state index contributed by atoms with van der Waals surface area (Å²) in [6.07, 6.45) is 9.09. The molecule has 0 bridgehead atoms. The second kappa shape index (κ2) is 6.36. The molecule has 2 saturated heterocycles. The Kier molecular flexibility index (Phi) is 4.06. The van der Waals surface area contributed by atoms with Gasteiger partial charge in [0, 0.05) is 44.3 Å². The molecule has 2 atom stereocenters. The van der Waals surface area contributed by atoms with Crippen molar-refractivity contribution in [3.63, 3.8) is 0 Å². The zero-order chi connectivity index (χ0) is 16.5. The molecule has 3 aliphatic rings. The van der Waals surface area contributed by atoms with Gasteiger partial charge in [-0.25, -0.2) is 0 Å². The summed E-state index contributed by atoms with van der Waals surface area (Å²) in [5, 5.41) is 0. The van der Waals surface area contributed by atoms with Gasteiger partial charge in [-0.3, -0.25) is 24.4 Å². The zero-order valence-electron chi connectivity index (χ0n) is 13.7. The predicted molar refractivity (Wildman–Crippen MR) is 90.1 cm³/mol. The molecule has 0 N–H and O–H groups in total. The van der Waals surface area contributed by atoms with Gasteiger partial charge >= 0.3 is 0 Å². The molecule has 126 valence electrons. The lowest BCUT2D eigenvalue weighted by atomic mass is 9.85. The lowest BCUT2D eigenvalue weighted by Crippen LogP contribution is -2.51. The van der Waals surface area contributed by atoms with Crippen molar-refractivity contribution in [2.24, 2.45) is 11.8 Å². The van der Waals surface area contributed by atoms with Crippen molar-refractivity contribution in [3.05, 3.63) is 36.7 Å². The number of hydrogen-bond acceptors (Lipinski definition) is 5. The van der Waals surface area contributed by atoms with Crippen LogP contribution in [0.2, 0.25) is 0 Å². The highest BCUT2D eigenvalue weighted by Gasteiger charge is 2.47. The zero-order valence-corrected chi connectivity index (χ0v) is 13.7. The van der Waals surface area contributed by atoms with Gasteiger partial charge in [0.1, 0.15) is 0 Å². The largest absolute Gasteiger partial charge is 0.369 e. The third-order valence-corrected chi connectivity index (χ3v) is 5.34. The average Bonchev–Trinajstić information content (AvgIpc) is 2.88. The molecule has 0 unspecified atom stereocenters. The summed E-state index contributed by atoms with van der Waals surface area (Å²) < 4.78 is 0. The summed E-state index contributed by atoms with van der Waals surface area (Å²) in [6, 6.07) is 4.03. The Balaban J connectivity index is 1.36. The number of nitrogens with zero attached hydrogens (tertiary/aromatic N) is 4. The van der Waals surface area contributed by atoms with Crippen molar-refractivity contribution in [2.45, 2.75) is 12.8 Å². The highest BCUT2D eigenvalue weighted by Crippen LogP contribution is 2.35. The van der Waals surface area contributed by atoms with Gasteiger partial charge in [0.15, 0.2) is 0 Å². The van der Waals surface area contributed by atoms with Gasteiger partial charge in [0.2, 0.25) is 11.8 Å². The third kappa shape index (κ3) is 2.71. The van der Waals surface area contributed by atoms with E-state index in [4.69, 9.17) is 0 Å². The number of anilines is 1. The molecular formula is C18H22N4O2. The first kappa shape index (κ1) is 15.3. The normalized spacial score (nSPS) is 27.7. The van der Waals surface area contributed by atoms with E-state index in [1.165, 1.54) is 10.6 Å². The summed E-state index contributed by atoms with van der Waals surface area (Å²) in [4.78, 5) is 35.1. The Morgan fingerprint density at radius 2 is 1.50 bits per heavy atom. The summed E-state index contributed by atoms with van der Waals surface area (Å²) >= 11 is 0. The van der Waals surface area contributed by atoms with Gasteiger partial charge in [-0.05, 0) is 25.0 Å². The maximum Gasteiger partial charge on any atom is 0.234 e. The molecule has 4 rings (SSSR count). The van der Waals surface area contributed by atoms with Gasteiger partial charge in [-0.1, -0.05) is 12.2 Å². The van der Waals surface area contributed by atoms with Crippen LogP contribution in [0.4, 0.5) is 5.69 Å². The number of pyridine rings is 1. The minimum Gasteiger partial charge on any atom is -0.369 e. The quantitative estimate of drug-likeness (QED) is 0.615. The first-order chi connectivity index (χ1) is 11.7. The molecule has 0 saturated carbocycles. The Labute approximate surface area is 141 Å². The monoisotopic (exact) mass is 326 g/mol. The van der Waals surface area contributed by atoms with Crippen LogP contribution in [0, 0.1) is 11.8 Å². The minimum atomic E-state index is -0.124. The van der Waals surface area contributed by atoms with Gasteiger partial charge < -0.3 is 4.90 Å². The predicted octanol–water partition coefficient (Wildman–Crippen LogP) is 1.11.